The quantitative estimate of drug-likeness (QED) is 0.709. The lowest BCUT2D eigenvalue weighted by Crippen LogP contribution is -1.86. The summed E-state index contributed by atoms with van der Waals surface area (Å²) < 4.78 is 0. The number of nitrogens with two attached hydrogens (primary N) is 1. The molecule has 1 heterocycles. The summed E-state index contributed by atoms with van der Waals surface area (Å²) >= 11 is 1.47. The first-order valence-corrected chi connectivity index (χ1v) is 4.33. The summed E-state index contributed by atoms with van der Waals surface area (Å²) in [6.45, 7) is 7.45. The van der Waals surface area contributed by atoms with Crippen LogP contribution in [0.3, 0.4) is 0 Å². The molecule has 0 saturated carbocycles. The second-order valence-corrected chi connectivity index (χ2v) is 3.72. The average Bonchev–Trinajstić information content (AvgIpc) is 2.26. The van der Waals surface area contributed by atoms with Crippen molar-refractivity contribution < 1.29 is 0 Å². The monoisotopic (exact) mass is 181 g/mol. The Balaban J connectivity index is 2.89. The largest absolute Gasteiger partial charge is 0.375 e. The molecule has 0 radical (unpaired) electrons. The average molecular weight is 181 g/mol. The Morgan fingerprint density at radius 1 is 1.75 bits per heavy atom. The lowest BCUT2D eigenvalue weighted by atomic mass is 10.4. The number of hydrogen-bond donors (Lipinski definition) is 1. The molecular weight excluding hydrogens is 170 g/mol. The van der Waals surface area contributed by atoms with Crippen molar-refractivity contribution in [1.29, 1.82) is 0 Å². The molecule has 1 aromatic heterocycles. The van der Waals surface area contributed by atoms with Crippen LogP contribution in [0.25, 0.3) is 0 Å². The van der Waals surface area contributed by atoms with Crippen molar-refractivity contribution in [2.24, 2.45) is 4.99 Å². The molecule has 0 spiro atoms. The SMILES string of the molecule is C=C(C)N=Cc1nc(N)sc1C. The number of aryl methyl sites for hydroxylation is 1. The van der Waals surface area contributed by atoms with Gasteiger partial charge in [-0.3, -0.25) is 4.99 Å². The number of rotatable bonds is 2. The molecule has 1 rings (SSSR count). The highest BCUT2D eigenvalue weighted by Crippen LogP contribution is 2.17. The van der Waals surface area contributed by atoms with Crippen molar-refractivity contribution in [3.63, 3.8) is 0 Å². The van der Waals surface area contributed by atoms with Gasteiger partial charge in [0, 0.05) is 10.6 Å². The number of allylic oxidation sites excluding steroid dienone is 1. The van der Waals surface area contributed by atoms with Gasteiger partial charge in [-0.1, -0.05) is 6.58 Å². The first-order chi connectivity index (χ1) is 5.59. The Morgan fingerprint density at radius 2 is 2.42 bits per heavy atom. The normalized spacial score (nSPS) is 10.8. The lowest BCUT2D eigenvalue weighted by Gasteiger charge is -1.86. The van der Waals surface area contributed by atoms with E-state index in [0.29, 0.717) is 5.13 Å². The van der Waals surface area contributed by atoms with Gasteiger partial charge in [0.1, 0.15) is 0 Å². The van der Waals surface area contributed by atoms with Gasteiger partial charge in [-0.05, 0) is 13.8 Å². The third-order valence-electron chi connectivity index (χ3n) is 1.26. The van der Waals surface area contributed by atoms with Gasteiger partial charge in [-0.2, -0.15) is 0 Å². The smallest absolute Gasteiger partial charge is 0.180 e. The molecular formula is C8H11N3S. The van der Waals surface area contributed by atoms with Crippen molar-refractivity contribution in [2.75, 3.05) is 5.73 Å². The second kappa shape index (κ2) is 3.49. The third-order valence-corrected chi connectivity index (χ3v) is 2.07. The fourth-order valence-electron chi connectivity index (χ4n) is 0.721. The molecule has 12 heavy (non-hydrogen) atoms. The van der Waals surface area contributed by atoms with Gasteiger partial charge in [0.25, 0.3) is 0 Å². The van der Waals surface area contributed by atoms with Crippen LogP contribution in [0.2, 0.25) is 0 Å². The third kappa shape index (κ3) is 2.17. The van der Waals surface area contributed by atoms with Gasteiger partial charge >= 0.3 is 0 Å². The number of aromatic nitrogens is 1. The van der Waals surface area contributed by atoms with E-state index in [1.54, 1.807) is 6.21 Å². The van der Waals surface area contributed by atoms with Gasteiger partial charge in [-0.25, -0.2) is 4.98 Å². The number of nitrogens with zero attached hydrogens (tertiary/aromatic N) is 2. The number of hydrogen-bond acceptors (Lipinski definition) is 4. The summed E-state index contributed by atoms with van der Waals surface area (Å²) in [7, 11) is 0. The lowest BCUT2D eigenvalue weighted by molar-refractivity contribution is 1.30. The summed E-state index contributed by atoms with van der Waals surface area (Å²) in [5.74, 6) is 0. The number of aliphatic imine (C=N–C) groups is 1. The van der Waals surface area contributed by atoms with Crippen LogP contribution in [0.5, 0.6) is 0 Å². The highest BCUT2D eigenvalue weighted by molar-refractivity contribution is 7.15. The molecule has 0 atom stereocenters. The molecule has 0 amide bonds. The van der Waals surface area contributed by atoms with Crippen LogP contribution in [-0.4, -0.2) is 11.2 Å². The van der Waals surface area contributed by atoms with Crippen LogP contribution in [0.1, 0.15) is 17.5 Å². The van der Waals surface area contributed by atoms with Gasteiger partial charge in [-0.15, -0.1) is 11.3 Å². The molecule has 3 nitrogen and oxygen atoms in total. The van der Waals surface area contributed by atoms with Crippen LogP contribution in [0, 0.1) is 6.92 Å². The van der Waals surface area contributed by atoms with E-state index in [4.69, 9.17) is 5.73 Å². The van der Waals surface area contributed by atoms with Crippen molar-refractivity contribution in [3.05, 3.63) is 22.8 Å². The van der Waals surface area contributed by atoms with E-state index >= 15 is 0 Å². The molecule has 0 aliphatic heterocycles. The molecule has 4 heteroatoms. The zero-order valence-corrected chi connectivity index (χ0v) is 7.98. The van der Waals surface area contributed by atoms with E-state index < -0.39 is 0 Å². The van der Waals surface area contributed by atoms with Gasteiger partial charge in [0.15, 0.2) is 5.13 Å². The first-order valence-electron chi connectivity index (χ1n) is 3.52. The summed E-state index contributed by atoms with van der Waals surface area (Å²) in [6.07, 6.45) is 1.69. The second-order valence-electron chi connectivity index (χ2n) is 2.49. The first kappa shape index (κ1) is 8.93. The zero-order valence-electron chi connectivity index (χ0n) is 7.16. The molecule has 0 fully saturated rings. The van der Waals surface area contributed by atoms with Gasteiger partial charge in [0.2, 0.25) is 0 Å². The van der Waals surface area contributed by atoms with E-state index in [0.717, 1.165) is 16.3 Å². The molecule has 2 N–H and O–H groups in total. The number of nitrogen functional groups attached to an aromatic ring is 1. The Hall–Kier alpha value is -1.16. The summed E-state index contributed by atoms with van der Waals surface area (Å²) in [5.41, 5.74) is 7.11. The van der Waals surface area contributed by atoms with Crippen LogP contribution in [0.15, 0.2) is 17.3 Å². The summed E-state index contributed by atoms with van der Waals surface area (Å²) in [4.78, 5) is 9.21. The Morgan fingerprint density at radius 3 is 2.83 bits per heavy atom. The minimum absolute atomic E-state index is 0.579. The van der Waals surface area contributed by atoms with Crippen LogP contribution in [0.4, 0.5) is 5.13 Å². The van der Waals surface area contributed by atoms with Gasteiger partial charge < -0.3 is 5.73 Å². The van der Waals surface area contributed by atoms with E-state index in [9.17, 15) is 0 Å². The predicted molar refractivity (Wildman–Crippen MR) is 53.7 cm³/mol. The molecule has 1 aromatic rings. The van der Waals surface area contributed by atoms with E-state index in [1.807, 2.05) is 13.8 Å². The van der Waals surface area contributed by atoms with E-state index in [1.165, 1.54) is 11.3 Å². The van der Waals surface area contributed by atoms with Gasteiger partial charge in [0.05, 0.1) is 11.9 Å². The number of anilines is 1. The maximum atomic E-state index is 5.51. The molecule has 0 unspecified atom stereocenters. The van der Waals surface area contributed by atoms with Crippen LogP contribution < -0.4 is 5.73 Å². The standard InChI is InChI=1S/C8H11N3S/c1-5(2)10-4-7-6(3)12-8(9)11-7/h4H,1H2,2-3H3,(H2,9,11). The topological polar surface area (TPSA) is 51.3 Å². The van der Waals surface area contributed by atoms with Crippen molar-refractivity contribution in [1.82, 2.24) is 4.98 Å². The van der Waals surface area contributed by atoms with Crippen LogP contribution in [-0.2, 0) is 0 Å². The van der Waals surface area contributed by atoms with Crippen LogP contribution >= 0.6 is 11.3 Å². The molecule has 0 aromatic carbocycles. The molecule has 64 valence electrons. The Bertz CT molecular complexity index is 325. The summed E-state index contributed by atoms with van der Waals surface area (Å²) in [6, 6.07) is 0. The molecule has 0 aliphatic carbocycles. The zero-order chi connectivity index (χ0) is 9.14. The predicted octanol–water partition coefficient (Wildman–Crippen LogP) is 1.99. The highest BCUT2D eigenvalue weighted by atomic mass is 32.1. The molecule has 0 bridgehead atoms. The maximum Gasteiger partial charge on any atom is 0.180 e. The van der Waals surface area contributed by atoms with E-state index in [2.05, 4.69) is 16.6 Å². The highest BCUT2D eigenvalue weighted by Gasteiger charge is 2.00. The molecule has 0 saturated heterocycles. The Labute approximate surface area is 75.7 Å². The fourth-order valence-corrected chi connectivity index (χ4v) is 1.38. The van der Waals surface area contributed by atoms with Crippen molar-refractivity contribution in [3.8, 4) is 0 Å². The van der Waals surface area contributed by atoms with E-state index in [-0.39, 0.29) is 0 Å². The minimum atomic E-state index is 0.579. The van der Waals surface area contributed by atoms with Crippen molar-refractivity contribution in [2.45, 2.75) is 13.8 Å². The number of thiazole rings is 1. The minimum Gasteiger partial charge on any atom is -0.375 e. The Kier molecular flexibility index (Phi) is 2.60. The molecule has 0 aliphatic rings. The summed E-state index contributed by atoms with van der Waals surface area (Å²) in [5, 5.41) is 0.579. The fraction of sp³-hybridized carbons (Fsp3) is 0.250. The maximum absolute atomic E-state index is 5.51. The van der Waals surface area contributed by atoms with Crippen molar-refractivity contribution >= 4 is 22.7 Å².